The average molecular weight is 477 g/mol. The Labute approximate surface area is 209 Å². The molecule has 8 nitrogen and oxygen atoms in total. The Morgan fingerprint density at radius 1 is 0.694 bits per heavy atom. The molecule has 3 aromatic heterocycles. The summed E-state index contributed by atoms with van der Waals surface area (Å²) in [7, 11) is 0. The molecule has 8 heteroatoms. The first-order valence-corrected chi connectivity index (χ1v) is 12.8. The highest BCUT2D eigenvalue weighted by Gasteiger charge is 2.20. The Morgan fingerprint density at radius 2 is 1.39 bits per heavy atom. The summed E-state index contributed by atoms with van der Waals surface area (Å²) in [6, 6.07) is 15.2. The number of fused-ring (bicyclic) bond motifs is 1. The van der Waals surface area contributed by atoms with Crippen LogP contribution in [0, 0.1) is 0 Å². The van der Waals surface area contributed by atoms with Crippen molar-refractivity contribution < 1.29 is 0 Å². The van der Waals surface area contributed by atoms with Gasteiger partial charge in [-0.1, -0.05) is 30.3 Å². The first-order chi connectivity index (χ1) is 17.8. The lowest BCUT2D eigenvalue weighted by molar-refractivity contribution is 0.613. The van der Waals surface area contributed by atoms with Crippen molar-refractivity contribution >= 4 is 11.0 Å². The molecular weight excluding hydrogens is 448 g/mol. The molecule has 2 aromatic carbocycles. The van der Waals surface area contributed by atoms with Crippen LogP contribution in [0.1, 0.15) is 49.4 Å². The highest BCUT2D eigenvalue weighted by atomic mass is 15.0. The topological polar surface area (TPSA) is 107 Å². The molecule has 4 N–H and O–H groups in total. The van der Waals surface area contributed by atoms with Gasteiger partial charge in [-0.3, -0.25) is 0 Å². The highest BCUT2D eigenvalue weighted by Crippen LogP contribution is 2.28. The normalized spacial score (nSPS) is 19.9. The molecule has 2 aliphatic heterocycles. The molecule has 5 aromatic rings. The maximum Gasteiger partial charge on any atom is 0.159 e. The Hall–Kier alpha value is -3.88. The summed E-state index contributed by atoms with van der Waals surface area (Å²) in [6.45, 7) is 2.12. The lowest BCUT2D eigenvalue weighted by Gasteiger charge is -2.05. The molecule has 180 valence electrons. The minimum atomic E-state index is 0.328. The van der Waals surface area contributed by atoms with E-state index in [1.54, 1.807) is 0 Å². The zero-order valence-corrected chi connectivity index (χ0v) is 20.0. The van der Waals surface area contributed by atoms with Gasteiger partial charge in [0.15, 0.2) is 5.82 Å². The van der Waals surface area contributed by atoms with E-state index in [2.05, 4.69) is 73.0 Å². The lowest BCUT2D eigenvalue weighted by atomic mass is 10.1. The fourth-order valence-electron chi connectivity index (χ4n) is 5.29. The number of aromatic amines is 2. The first-order valence-electron chi connectivity index (χ1n) is 12.8. The Morgan fingerprint density at radius 3 is 2.11 bits per heavy atom. The van der Waals surface area contributed by atoms with Gasteiger partial charge in [0, 0.05) is 35.3 Å². The van der Waals surface area contributed by atoms with Gasteiger partial charge in [0.05, 0.1) is 28.8 Å². The molecule has 0 amide bonds. The molecule has 0 spiro atoms. The molecule has 0 radical (unpaired) electrons. The van der Waals surface area contributed by atoms with Crippen molar-refractivity contribution in [1.82, 2.24) is 40.5 Å². The van der Waals surface area contributed by atoms with Crippen LogP contribution in [0.5, 0.6) is 0 Å². The van der Waals surface area contributed by atoms with Crippen molar-refractivity contribution in [2.45, 2.75) is 37.8 Å². The van der Waals surface area contributed by atoms with Crippen molar-refractivity contribution in [1.29, 1.82) is 0 Å². The Kier molecular flexibility index (Phi) is 5.33. The van der Waals surface area contributed by atoms with Gasteiger partial charge in [-0.2, -0.15) is 0 Å². The minimum absolute atomic E-state index is 0.328. The second kappa shape index (κ2) is 8.96. The number of nitrogens with one attached hydrogen (secondary N) is 4. The Balaban J connectivity index is 1.09. The van der Waals surface area contributed by atoms with E-state index in [0.29, 0.717) is 17.9 Å². The van der Waals surface area contributed by atoms with Gasteiger partial charge < -0.3 is 20.6 Å². The number of hydrogen-bond acceptors (Lipinski definition) is 6. The van der Waals surface area contributed by atoms with Gasteiger partial charge in [0.2, 0.25) is 0 Å². The van der Waals surface area contributed by atoms with Gasteiger partial charge >= 0.3 is 0 Å². The zero-order chi connectivity index (χ0) is 23.9. The standard InChI is InChI=1S/C28H28N8/c1-3-22(29-11-1)27-33-16-25(36-27)17-5-7-18(8-6-17)26-31-14-20(15-32-26)19-9-10-21-24(13-19)35-28(34-21)23-4-2-12-30-23/h5-10,13-16,22-23,29-30H,1-4,11-12H2,(H,33,36)(H,34,35)/t22-,23-/m0/s1. The van der Waals surface area contributed by atoms with Crippen LogP contribution in [-0.2, 0) is 0 Å². The van der Waals surface area contributed by atoms with Crippen LogP contribution >= 0.6 is 0 Å². The van der Waals surface area contributed by atoms with Gasteiger partial charge in [-0.15, -0.1) is 0 Å². The summed E-state index contributed by atoms with van der Waals surface area (Å²) >= 11 is 0. The highest BCUT2D eigenvalue weighted by molar-refractivity contribution is 5.82. The largest absolute Gasteiger partial charge is 0.347 e. The smallest absolute Gasteiger partial charge is 0.159 e. The lowest BCUT2D eigenvalue weighted by Crippen LogP contribution is -2.14. The number of aromatic nitrogens is 6. The molecule has 0 aliphatic carbocycles. The van der Waals surface area contributed by atoms with E-state index in [1.165, 1.54) is 12.8 Å². The third kappa shape index (κ3) is 3.98. The maximum absolute atomic E-state index is 4.83. The molecule has 2 atom stereocenters. The Bertz CT molecular complexity index is 1490. The van der Waals surface area contributed by atoms with Crippen molar-refractivity contribution in [3.8, 4) is 33.8 Å². The predicted octanol–water partition coefficient (Wildman–Crippen LogP) is 4.93. The van der Waals surface area contributed by atoms with Crippen molar-refractivity contribution in [2.75, 3.05) is 13.1 Å². The van der Waals surface area contributed by atoms with E-state index >= 15 is 0 Å². The SMILES string of the molecule is c1cc2[nH]c([C@@H]3CCCN3)nc2cc1-c1cnc(-c2ccc(-c3c[nH]c([C@@H]4CCCN4)n3)cc2)nc1. The fraction of sp³-hybridized carbons (Fsp3) is 0.286. The second-order valence-corrected chi connectivity index (χ2v) is 9.70. The number of benzene rings is 2. The van der Waals surface area contributed by atoms with Crippen LogP contribution in [0.15, 0.2) is 61.1 Å². The zero-order valence-electron chi connectivity index (χ0n) is 20.0. The van der Waals surface area contributed by atoms with E-state index in [9.17, 15) is 0 Å². The van der Waals surface area contributed by atoms with Crippen LogP contribution < -0.4 is 10.6 Å². The first kappa shape index (κ1) is 21.4. The van der Waals surface area contributed by atoms with E-state index in [0.717, 1.165) is 76.6 Å². The van der Waals surface area contributed by atoms with Crippen LogP contribution in [0.2, 0.25) is 0 Å². The summed E-state index contributed by atoms with van der Waals surface area (Å²) < 4.78 is 0. The van der Waals surface area contributed by atoms with Crippen molar-refractivity contribution in [2.24, 2.45) is 0 Å². The molecule has 36 heavy (non-hydrogen) atoms. The molecule has 0 unspecified atom stereocenters. The molecule has 7 rings (SSSR count). The third-order valence-electron chi connectivity index (χ3n) is 7.30. The fourth-order valence-corrected chi connectivity index (χ4v) is 5.29. The van der Waals surface area contributed by atoms with Crippen molar-refractivity contribution in [3.05, 3.63) is 72.7 Å². The number of nitrogens with zero attached hydrogens (tertiary/aromatic N) is 4. The average Bonchev–Trinajstić information content (AvgIpc) is 3.75. The minimum Gasteiger partial charge on any atom is -0.347 e. The maximum atomic E-state index is 4.83. The number of H-pyrrole nitrogens is 2. The van der Waals surface area contributed by atoms with Crippen molar-refractivity contribution in [3.63, 3.8) is 0 Å². The summed E-state index contributed by atoms with van der Waals surface area (Å²) in [5.41, 5.74) is 7.09. The molecule has 2 aliphatic rings. The van der Waals surface area contributed by atoms with E-state index in [-0.39, 0.29) is 0 Å². The summed E-state index contributed by atoms with van der Waals surface area (Å²) in [4.78, 5) is 25.7. The van der Waals surface area contributed by atoms with E-state index in [4.69, 9.17) is 9.97 Å². The van der Waals surface area contributed by atoms with E-state index < -0.39 is 0 Å². The third-order valence-corrected chi connectivity index (χ3v) is 7.30. The summed E-state index contributed by atoms with van der Waals surface area (Å²) in [5, 5.41) is 6.99. The second-order valence-electron chi connectivity index (χ2n) is 9.70. The number of hydrogen-bond donors (Lipinski definition) is 4. The van der Waals surface area contributed by atoms with Crippen LogP contribution in [0.3, 0.4) is 0 Å². The quantitative estimate of drug-likeness (QED) is 0.287. The van der Waals surface area contributed by atoms with Gasteiger partial charge in [0.1, 0.15) is 11.6 Å². The molecule has 5 heterocycles. The predicted molar refractivity (Wildman–Crippen MR) is 140 cm³/mol. The van der Waals surface area contributed by atoms with Crippen LogP contribution in [0.4, 0.5) is 0 Å². The molecule has 0 saturated carbocycles. The molecule has 2 saturated heterocycles. The molecule has 2 fully saturated rings. The van der Waals surface area contributed by atoms with Gasteiger partial charge in [0.25, 0.3) is 0 Å². The summed E-state index contributed by atoms with van der Waals surface area (Å²) in [5.74, 6) is 2.75. The van der Waals surface area contributed by atoms with Gasteiger partial charge in [-0.05, 0) is 56.5 Å². The van der Waals surface area contributed by atoms with Gasteiger partial charge in [-0.25, -0.2) is 19.9 Å². The van der Waals surface area contributed by atoms with Crippen LogP contribution in [-0.4, -0.2) is 43.0 Å². The van der Waals surface area contributed by atoms with E-state index in [1.807, 2.05) is 18.6 Å². The number of imidazole rings is 2. The van der Waals surface area contributed by atoms with Crippen LogP contribution in [0.25, 0.3) is 44.8 Å². The number of rotatable bonds is 5. The summed E-state index contributed by atoms with van der Waals surface area (Å²) in [6.07, 6.45) is 10.4. The molecular formula is C28H28N8. The molecule has 0 bridgehead atoms. The monoisotopic (exact) mass is 476 g/mol.